The number of halogens is 3. The summed E-state index contributed by atoms with van der Waals surface area (Å²) in [5.74, 6) is 0. The van der Waals surface area contributed by atoms with Gasteiger partial charge < -0.3 is 0 Å². The van der Waals surface area contributed by atoms with Gasteiger partial charge in [-0.25, -0.2) is 10.0 Å². The fourth-order valence-electron chi connectivity index (χ4n) is 1.29. The minimum atomic E-state index is -4.25. The molecule has 0 aliphatic heterocycles. The van der Waals surface area contributed by atoms with Crippen molar-refractivity contribution < 1.29 is 13.2 Å². The number of hydrogen-bond acceptors (Lipinski definition) is 0. The van der Waals surface area contributed by atoms with Crippen molar-refractivity contribution in [2.45, 2.75) is 18.0 Å². The molecule has 4 heteroatoms. The molecule has 1 aromatic rings. The lowest BCUT2D eigenvalue weighted by molar-refractivity contribution is -0.138. The highest BCUT2D eigenvalue weighted by atomic mass is 32.3. The molecule has 0 heterocycles. The molecular formula is C11H15F3S. The fourth-order valence-corrected chi connectivity index (χ4v) is 2.24. The molecule has 1 aromatic carbocycles. The molecule has 0 spiro atoms. The summed E-state index contributed by atoms with van der Waals surface area (Å²) in [5.41, 5.74) is -0.225. The Hall–Kier alpha value is -0.640. The van der Waals surface area contributed by atoms with Crippen LogP contribution in [0.15, 0.2) is 23.1 Å². The number of hydrogen-bond donors (Lipinski definition) is 0. The average molecular weight is 236 g/mol. The van der Waals surface area contributed by atoms with E-state index in [1.54, 1.807) is 12.1 Å². The summed E-state index contributed by atoms with van der Waals surface area (Å²) >= 11 is 0. The molecule has 0 N–H and O–H groups in total. The van der Waals surface area contributed by atoms with Crippen molar-refractivity contribution in [2.24, 2.45) is 0 Å². The zero-order valence-corrected chi connectivity index (χ0v) is 10.1. The molecule has 0 amide bonds. The minimum absolute atomic E-state index is 0.287. The van der Waals surface area contributed by atoms with Crippen LogP contribution in [-0.2, 0) is 6.18 Å². The first-order valence-corrected chi connectivity index (χ1v) is 7.34. The van der Waals surface area contributed by atoms with E-state index in [4.69, 9.17) is 0 Å². The normalized spacial score (nSPS) is 14.1. The van der Waals surface area contributed by atoms with Gasteiger partial charge >= 0.3 is 6.18 Å². The zero-order chi connectivity index (χ0) is 11.9. The van der Waals surface area contributed by atoms with Crippen LogP contribution >= 0.6 is 10.0 Å². The highest BCUT2D eigenvalue weighted by molar-refractivity contribution is 8.32. The van der Waals surface area contributed by atoms with Crippen molar-refractivity contribution >= 4 is 10.0 Å². The van der Waals surface area contributed by atoms with Crippen LogP contribution in [0, 0.1) is 6.92 Å². The first-order valence-electron chi connectivity index (χ1n) is 4.48. The number of alkyl halides is 3. The van der Waals surface area contributed by atoms with Gasteiger partial charge in [0, 0.05) is 0 Å². The predicted octanol–water partition coefficient (Wildman–Crippen LogP) is 4.07. The summed E-state index contributed by atoms with van der Waals surface area (Å²) < 4.78 is 37.9. The lowest BCUT2D eigenvalue weighted by Gasteiger charge is -2.27. The van der Waals surface area contributed by atoms with Gasteiger partial charge in [-0.15, -0.1) is 0 Å². The first kappa shape index (κ1) is 12.4. The average Bonchev–Trinajstić information content (AvgIpc) is 2.00. The van der Waals surface area contributed by atoms with Gasteiger partial charge in [0.1, 0.15) is 0 Å². The third-order valence-electron chi connectivity index (χ3n) is 2.22. The van der Waals surface area contributed by atoms with Crippen LogP contribution < -0.4 is 0 Å². The topological polar surface area (TPSA) is 0 Å². The van der Waals surface area contributed by atoms with Crippen molar-refractivity contribution in [3.05, 3.63) is 29.3 Å². The van der Waals surface area contributed by atoms with Crippen LogP contribution in [0.2, 0.25) is 0 Å². The van der Waals surface area contributed by atoms with Gasteiger partial charge in [0.2, 0.25) is 0 Å². The van der Waals surface area contributed by atoms with Crippen LogP contribution in [0.4, 0.5) is 13.2 Å². The van der Waals surface area contributed by atoms with Crippen molar-refractivity contribution in [2.75, 3.05) is 18.8 Å². The SMILES string of the molecule is Cc1ccc(S(C)(C)C)cc1C(F)(F)F. The molecule has 0 radical (unpaired) electrons. The number of benzene rings is 1. The molecule has 15 heavy (non-hydrogen) atoms. The van der Waals surface area contributed by atoms with E-state index in [9.17, 15) is 13.2 Å². The molecule has 0 aliphatic carbocycles. The lowest BCUT2D eigenvalue weighted by atomic mass is 10.1. The summed E-state index contributed by atoms with van der Waals surface area (Å²) in [6, 6.07) is 4.63. The molecule has 0 atom stereocenters. The van der Waals surface area contributed by atoms with Gasteiger partial charge in [0.15, 0.2) is 0 Å². The second-order valence-electron chi connectivity index (χ2n) is 4.31. The van der Waals surface area contributed by atoms with Crippen LogP contribution in [-0.4, -0.2) is 18.8 Å². The molecule has 0 bridgehead atoms. The third kappa shape index (κ3) is 2.91. The Morgan fingerprint density at radius 3 is 2.00 bits per heavy atom. The van der Waals surface area contributed by atoms with Gasteiger partial charge in [0.25, 0.3) is 0 Å². The van der Waals surface area contributed by atoms with Crippen LogP contribution in [0.1, 0.15) is 11.1 Å². The predicted molar refractivity (Wildman–Crippen MR) is 59.8 cm³/mol. The van der Waals surface area contributed by atoms with Crippen molar-refractivity contribution in [1.29, 1.82) is 0 Å². The second kappa shape index (κ2) is 3.74. The Balaban J connectivity index is 3.30. The molecule has 1 rings (SSSR count). The fraction of sp³-hybridized carbons (Fsp3) is 0.455. The monoisotopic (exact) mass is 236 g/mol. The van der Waals surface area contributed by atoms with Gasteiger partial charge in [0.05, 0.1) is 5.56 Å². The molecular weight excluding hydrogens is 221 g/mol. The van der Waals surface area contributed by atoms with Crippen LogP contribution in [0.3, 0.4) is 0 Å². The van der Waals surface area contributed by atoms with Gasteiger partial charge in [-0.1, -0.05) is 6.07 Å². The maximum absolute atomic E-state index is 12.6. The van der Waals surface area contributed by atoms with Crippen molar-refractivity contribution in [3.8, 4) is 0 Å². The van der Waals surface area contributed by atoms with Gasteiger partial charge in [-0.2, -0.15) is 13.2 Å². The standard InChI is InChI=1S/C11H15F3S/c1-8-5-6-9(15(2,3)4)7-10(8)11(12,13)14/h5-7H,1-4H3. The Bertz CT molecular complexity index is 361. The molecule has 0 aromatic heterocycles. The van der Waals surface area contributed by atoms with E-state index in [-0.39, 0.29) is 5.56 Å². The second-order valence-corrected chi connectivity index (χ2v) is 8.46. The summed E-state index contributed by atoms with van der Waals surface area (Å²) in [7, 11) is -1.10. The van der Waals surface area contributed by atoms with E-state index in [2.05, 4.69) is 0 Å². The third-order valence-corrected chi connectivity index (χ3v) is 3.89. The number of aryl methyl sites for hydroxylation is 1. The smallest absolute Gasteiger partial charge is 0.223 e. The first-order chi connectivity index (χ1) is 6.62. The summed E-state index contributed by atoms with van der Waals surface area (Å²) in [5, 5.41) is 0. The molecule has 0 saturated carbocycles. The molecule has 0 aliphatic rings. The Morgan fingerprint density at radius 1 is 1.07 bits per heavy atom. The zero-order valence-electron chi connectivity index (χ0n) is 9.27. The maximum Gasteiger partial charge on any atom is 0.416 e. The minimum Gasteiger partial charge on any atom is -0.223 e. The van der Waals surface area contributed by atoms with Crippen LogP contribution in [0.5, 0.6) is 0 Å². The molecule has 0 unspecified atom stereocenters. The Kier molecular flexibility index (Phi) is 3.10. The quantitative estimate of drug-likeness (QED) is 0.689. The van der Waals surface area contributed by atoms with Crippen molar-refractivity contribution in [3.63, 3.8) is 0 Å². The maximum atomic E-state index is 12.6. The summed E-state index contributed by atoms with van der Waals surface area (Å²) in [6.07, 6.45) is 1.71. The van der Waals surface area contributed by atoms with Crippen molar-refractivity contribution in [1.82, 2.24) is 0 Å². The molecule has 86 valence electrons. The highest BCUT2D eigenvalue weighted by Crippen LogP contribution is 2.47. The summed E-state index contributed by atoms with van der Waals surface area (Å²) in [4.78, 5) is 0.792. The Labute approximate surface area is 89.8 Å². The summed E-state index contributed by atoms with van der Waals surface area (Å²) in [6.45, 7) is 1.49. The van der Waals surface area contributed by atoms with Gasteiger partial charge in [-0.05, 0) is 48.3 Å². The van der Waals surface area contributed by atoms with E-state index in [1.165, 1.54) is 13.0 Å². The van der Waals surface area contributed by atoms with E-state index in [0.29, 0.717) is 0 Å². The Morgan fingerprint density at radius 2 is 1.60 bits per heavy atom. The van der Waals surface area contributed by atoms with E-state index in [0.717, 1.165) is 4.90 Å². The molecule has 0 fully saturated rings. The largest absolute Gasteiger partial charge is 0.416 e. The van der Waals surface area contributed by atoms with E-state index in [1.807, 2.05) is 18.8 Å². The van der Waals surface area contributed by atoms with E-state index >= 15 is 0 Å². The molecule has 0 nitrogen and oxygen atoms in total. The van der Waals surface area contributed by atoms with E-state index < -0.39 is 21.8 Å². The number of rotatable bonds is 1. The highest BCUT2D eigenvalue weighted by Gasteiger charge is 2.32. The lowest BCUT2D eigenvalue weighted by Crippen LogP contribution is -2.08. The van der Waals surface area contributed by atoms with Crippen LogP contribution in [0.25, 0.3) is 0 Å². The molecule has 0 saturated heterocycles. The van der Waals surface area contributed by atoms with Gasteiger partial charge in [-0.3, -0.25) is 0 Å².